The minimum Gasteiger partial charge on any atom is -0.412 e. The molecule has 2 aromatic rings. The second-order valence-electron chi connectivity index (χ2n) is 10.4. The number of carbonyl (C=O) groups is 2. The maximum atomic E-state index is 13.5. The number of carbonyl (C=O) groups excluding carboxylic acids is 2. The lowest BCUT2D eigenvalue weighted by molar-refractivity contribution is -0.140. The van der Waals surface area contributed by atoms with Gasteiger partial charge < -0.3 is 15.7 Å². The fourth-order valence-corrected chi connectivity index (χ4v) is 5.08. The van der Waals surface area contributed by atoms with Crippen LogP contribution < -0.4 is 5.32 Å². The Morgan fingerprint density at radius 3 is 2.31 bits per heavy atom. The molecule has 1 saturated heterocycles. The molecule has 1 heterocycles. The SMILES string of the molecule is C.Cc1ccccc1CCC(=O)N[C@@H](C(=O)N1CC[C@H](c2ccc(Cl)cc2)C(C)(C)C1)C(C)C.O. The Balaban J connectivity index is 0.00000306. The Morgan fingerprint density at radius 1 is 1.11 bits per heavy atom. The van der Waals surface area contributed by atoms with E-state index in [0.29, 0.717) is 31.8 Å². The number of nitrogens with one attached hydrogen (secondary N) is 1. The summed E-state index contributed by atoms with van der Waals surface area (Å²) in [6.45, 7) is 11.8. The molecule has 1 fully saturated rings. The summed E-state index contributed by atoms with van der Waals surface area (Å²) in [5, 5.41) is 3.77. The van der Waals surface area contributed by atoms with E-state index in [1.807, 2.05) is 43.0 Å². The maximum absolute atomic E-state index is 13.5. The third-order valence-corrected chi connectivity index (χ3v) is 7.20. The van der Waals surface area contributed by atoms with Crippen LogP contribution >= 0.6 is 11.6 Å². The van der Waals surface area contributed by atoms with Crippen molar-refractivity contribution in [3.05, 3.63) is 70.2 Å². The summed E-state index contributed by atoms with van der Waals surface area (Å²) in [6, 6.07) is 15.7. The van der Waals surface area contributed by atoms with Gasteiger partial charge in [-0.05, 0) is 65.8 Å². The Hall–Kier alpha value is -2.37. The zero-order valence-electron chi connectivity index (χ0n) is 21.0. The highest BCUT2D eigenvalue weighted by atomic mass is 35.5. The molecule has 0 saturated carbocycles. The Morgan fingerprint density at radius 2 is 1.74 bits per heavy atom. The van der Waals surface area contributed by atoms with E-state index < -0.39 is 6.04 Å². The van der Waals surface area contributed by atoms with Crippen LogP contribution in [0.4, 0.5) is 0 Å². The lowest BCUT2D eigenvalue weighted by Gasteiger charge is -2.45. The lowest BCUT2D eigenvalue weighted by atomic mass is 9.70. The molecule has 0 aliphatic carbocycles. The molecule has 1 aliphatic rings. The van der Waals surface area contributed by atoms with Crippen molar-refractivity contribution in [2.45, 2.75) is 73.3 Å². The van der Waals surface area contributed by atoms with Crippen molar-refractivity contribution in [2.24, 2.45) is 11.3 Å². The fourth-order valence-electron chi connectivity index (χ4n) is 4.95. The number of piperidine rings is 1. The van der Waals surface area contributed by atoms with E-state index in [1.165, 1.54) is 16.7 Å². The van der Waals surface area contributed by atoms with E-state index in [1.54, 1.807) is 0 Å². The standard InChI is InChI=1S/C28H37ClN2O2.CH4.H2O/c1-19(2)26(30-25(32)15-12-21-9-7-6-8-20(21)3)27(33)31-17-16-24(28(4,5)18-31)22-10-13-23(29)14-11-22;;/h6-11,13-14,19,24,26H,12,15-18H2,1-5H3,(H,30,32);1H4;1H2/t24-,26-;;/m1../s1. The molecular formula is C29H43ClN2O3. The van der Waals surface area contributed by atoms with E-state index in [2.05, 4.69) is 50.4 Å². The minimum absolute atomic E-state index is 0. The number of hydrogen-bond acceptors (Lipinski definition) is 2. The molecule has 2 amide bonds. The molecule has 0 radical (unpaired) electrons. The maximum Gasteiger partial charge on any atom is 0.245 e. The zero-order valence-corrected chi connectivity index (χ0v) is 21.8. The van der Waals surface area contributed by atoms with Gasteiger partial charge in [0.1, 0.15) is 6.04 Å². The normalized spacial score (nSPS) is 17.7. The topological polar surface area (TPSA) is 80.9 Å². The molecule has 0 bridgehead atoms. The second-order valence-corrected chi connectivity index (χ2v) is 10.8. The summed E-state index contributed by atoms with van der Waals surface area (Å²) < 4.78 is 0. The van der Waals surface area contributed by atoms with Gasteiger partial charge in [0.15, 0.2) is 0 Å². The van der Waals surface area contributed by atoms with Crippen LogP contribution in [0.25, 0.3) is 0 Å². The van der Waals surface area contributed by atoms with E-state index in [0.717, 1.165) is 11.4 Å². The summed E-state index contributed by atoms with van der Waals surface area (Å²) >= 11 is 6.07. The molecule has 6 heteroatoms. The number of benzene rings is 2. The van der Waals surface area contributed by atoms with Gasteiger partial charge in [-0.1, -0.05) is 83.1 Å². The first-order chi connectivity index (χ1) is 15.6. The fraction of sp³-hybridized carbons (Fsp3) is 0.517. The van der Waals surface area contributed by atoms with Crippen LogP contribution in [-0.2, 0) is 16.0 Å². The first-order valence-corrected chi connectivity index (χ1v) is 12.3. The predicted molar refractivity (Wildman–Crippen MR) is 146 cm³/mol. The molecule has 3 rings (SSSR count). The highest BCUT2D eigenvalue weighted by molar-refractivity contribution is 6.30. The number of nitrogens with zero attached hydrogens (tertiary/aromatic N) is 1. The molecule has 0 aromatic heterocycles. The van der Waals surface area contributed by atoms with Gasteiger partial charge in [0.25, 0.3) is 0 Å². The van der Waals surface area contributed by atoms with Crippen molar-refractivity contribution >= 4 is 23.4 Å². The van der Waals surface area contributed by atoms with Crippen molar-refractivity contribution in [2.75, 3.05) is 13.1 Å². The van der Waals surface area contributed by atoms with Crippen molar-refractivity contribution in [3.8, 4) is 0 Å². The quantitative estimate of drug-likeness (QED) is 0.536. The second kappa shape index (κ2) is 13.1. The first-order valence-electron chi connectivity index (χ1n) is 12.0. The molecule has 0 unspecified atom stereocenters. The molecule has 194 valence electrons. The van der Waals surface area contributed by atoms with Crippen molar-refractivity contribution < 1.29 is 15.1 Å². The van der Waals surface area contributed by atoms with E-state index in [9.17, 15) is 9.59 Å². The average Bonchev–Trinajstić information content (AvgIpc) is 2.76. The number of amides is 2. The molecule has 3 N–H and O–H groups in total. The summed E-state index contributed by atoms with van der Waals surface area (Å²) in [5.74, 6) is 0.342. The molecule has 0 spiro atoms. The summed E-state index contributed by atoms with van der Waals surface area (Å²) in [6.07, 6.45) is 1.95. The van der Waals surface area contributed by atoms with Gasteiger partial charge in [0, 0.05) is 24.5 Å². The van der Waals surface area contributed by atoms with Crippen LogP contribution in [0.15, 0.2) is 48.5 Å². The minimum atomic E-state index is -0.503. The third kappa shape index (κ3) is 7.81. The van der Waals surface area contributed by atoms with Crippen molar-refractivity contribution in [3.63, 3.8) is 0 Å². The number of halogens is 1. The van der Waals surface area contributed by atoms with Gasteiger partial charge >= 0.3 is 0 Å². The van der Waals surface area contributed by atoms with Crippen molar-refractivity contribution in [1.82, 2.24) is 10.2 Å². The molecular weight excluding hydrogens is 460 g/mol. The van der Waals surface area contributed by atoms with Crippen molar-refractivity contribution in [1.29, 1.82) is 0 Å². The van der Waals surface area contributed by atoms with Gasteiger partial charge in [-0.15, -0.1) is 0 Å². The summed E-state index contributed by atoms with van der Waals surface area (Å²) in [4.78, 5) is 28.1. The Labute approximate surface area is 216 Å². The number of hydrogen-bond donors (Lipinski definition) is 1. The highest BCUT2D eigenvalue weighted by Crippen LogP contribution is 2.42. The summed E-state index contributed by atoms with van der Waals surface area (Å²) in [5.41, 5.74) is 3.55. The van der Waals surface area contributed by atoms with Crippen LogP contribution in [0.3, 0.4) is 0 Å². The Kier molecular flexibility index (Phi) is 11.5. The third-order valence-electron chi connectivity index (χ3n) is 6.95. The van der Waals surface area contributed by atoms with Gasteiger partial charge in [0.2, 0.25) is 11.8 Å². The van der Waals surface area contributed by atoms with Gasteiger partial charge in [-0.25, -0.2) is 0 Å². The van der Waals surface area contributed by atoms with Gasteiger partial charge in [-0.2, -0.15) is 0 Å². The zero-order chi connectivity index (χ0) is 24.2. The first kappa shape index (κ1) is 30.7. The predicted octanol–water partition coefficient (Wildman–Crippen LogP) is 5.58. The van der Waals surface area contributed by atoms with Crippen LogP contribution in [0.1, 0.15) is 70.6 Å². The average molecular weight is 503 g/mol. The monoisotopic (exact) mass is 502 g/mol. The highest BCUT2D eigenvalue weighted by Gasteiger charge is 2.40. The molecule has 35 heavy (non-hydrogen) atoms. The molecule has 5 nitrogen and oxygen atoms in total. The van der Waals surface area contributed by atoms with E-state index in [4.69, 9.17) is 11.6 Å². The smallest absolute Gasteiger partial charge is 0.245 e. The van der Waals surface area contributed by atoms with Crippen LogP contribution in [0, 0.1) is 18.3 Å². The number of likely N-dealkylation sites (tertiary alicyclic amines) is 1. The number of aryl methyl sites for hydroxylation is 2. The van der Waals surface area contributed by atoms with E-state index >= 15 is 0 Å². The van der Waals surface area contributed by atoms with Crippen LogP contribution in [-0.4, -0.2) is 41.3 Å². The lowest BCUT2D eigenvalue weighted by Crippen LogP contribution is -2.55. The number of rotatable bonds is 7. The Bertz CT molecular complexity index is 972. The summed E-state index contributed by atoms with van der Waals surface area (Å²) in [7, 11) is 0. The molecule has 1 aliphatic heterocycles. The van der Waals surface area contributed by atoms with Gasteiger partial charge in [-0.3, -0.25) is 9.59 Å². The largest absolute Gasteiger partial charge is 0.412 e. The van der Waals surface area contributed by atoms with Crippen LogP contribution in [0.5, 0.6) is 0 Å². The molecule has 2 aromatic carbocycles. The van der Waals surface area contributed by atoms with E-state index in [-0.39, 0.29) is 36.1 Å². The molecule has 2 atom stereocenters. The van der Waals surface area contributed by atoms with Gasteiger partial charge in [0.05, 0.1) is 0 Å². The van der Waals surface area contributed by atoms with Crippen LogP contribution in [0.2, 0.25) is 5.02 Å².